The molecule has 0 aromatic carbocycles. The number of pyridine rings is 1. The minimum Gasteiger partial charge on any atom is -0.494 e. The highest BCUT2D eigenvalue weighted by Crippen LogP contribution is 2.45. The van der Waals surface area contributed by atoms with Crippen molar-refractivity contribution in [3.05, 3.63) is 36.1 Å². The molecule has 0 saturated heterocycles. The second kappa shape index (κ2) is 9.75. The minimum absolute atomic E-state index is 0.0378. The Labute approximate surface area is 163 Å². The molecule has 0 radical (unpaired) electrons. The van der Waals surface area contributed by atoms with E-state index in [1.54, 1.807) is 13.2 Å². The molecule has 0 bridgehead atoms. The van der Waals surface area contributed by atoms with Gasteiger partial charge in [0.2, 0.25) is 5.91 Å². The molecule has 1 aromatic heterocycles. The molecule has 154 valence electrons. The zero-order valence-corrected chi connectivity index (χ0v) is 16.3. The molecule has 28 heavy (non-hydrogen) atoms. The lowest BCUT2D eigenvalue weighted by Crippen LogP contribution is -2.11. The average molecular weight is 396 g/mol. The van der Waals surface area contributed by atoms with Crippen molar-refractivity contribution in [1.82, 2.24) is 4.98 Å². The summed E-state index contributed by atoms with van der Waals surface area (Å²) in [4.78, 5) is 16.2. The fraction of sp³-hybridized carbons (Fsp3) is 0.524. The predicted molar refractivity (Wildman–Crippen MR) is 104 cm³/mol. The molecule has 0 aliphatic heterocycles. The zero-order valence-electron chi connectivity index (χ0n) is 16.3. The first-order chi connectivity index (χ1) is 13.3. The van der Waals surface area contributed by atoms with Crippen LogP contribution in [0.4, 0.5) is 19.0 Å². The van der Waals surface area contributed by atoms with Gasteiger partial charge in [-0.15, -0.1) is 0 Å². The van der Waals surface area contributed by atoms with Crippen molar-refractivity contribution in [3.8, 4) is 5.75 Å². The Morgan fingerprint density at radius 3 is 2.71 bits per heavy atom. The predicted octanol–water partition coefficient (Wildman–Crippen LogP) is 5.86. The molecule has 2 rings (SSSR count). The number of amides is 1. The molecule has 1 N–H and O–H groups in total. The molecular weight excluding hydrogens is 369 g/mol. The molecule has 1 atom stereocenters. The summed E-state index contributed by atoms with van der Waals surface area (Å²) in [5.74, 6) is 1.05. The number of rotatable bonds is 10. The topological polar surface area (TPSA) is 51.2 Å². The second-order valence-corrected chi connectivity index (χ2v) is 7.02. The fourth-order valence-electron chi connectivity index (χ4n) is 3.04. The van der Waals surface area contributed by atoms with Gasteiger partial charge in [-0.05, 0) is 50.2 Å². The van der Waals surface area contributed by atoms with Crippen LogP contribution in [-0.4, -0.2) is 24.2 Å². The number of carbonyl (C=O) groups excluding carboxylic acids is 1. The molecule has 1 aliphatic rings. The van der Waals surface area contributed by atoms with Crippen molar-refractivity contribution in [3.63, 3.8) is 0 Å². The van der Waals surface area contributed by atoms with Crippen molar-refractivity contribution in [2.45, 2.75) is 57.5 Å². The van der Waals surface area contributed by atoms with Crippen molar-refractivity contribution in [2.75, 3.05) is 12.4 Å². The van der Waals surface area contributed by atoms with E-state index in [9.17, 15) is 18.0 Å². The molecule has 1 saturated carbocycles. The van der Waals surface area contributed by atoms with E-state index in [2.05, 4.69) is 16.9 Å². The summed E-state index contributed by atoms with van der Waals surface area (Å²) in [6, 6.07) is 1.71. The first-order valence-corrected chi connectivity index (χ1v) is 9.54. The Kier molecular flexibility index (Phi) is 7.66. The third kappa shape index (κ3) is 6.69. The minimum atomic E-state index is -4.12. The number of carbonyl (C=O) groups is 1. The van der Waals surface area contributed by atoms with Crippen LogP contribution in [0.5, 0.6) is 5.75 Å². The van der Waals surface area contributed by atoms with Gasteiger partial charge in [0.1, 0.15) is 11.6 Å². The van der Waals surface area contributed by atoms with Crippen LogP contribution in [0.25, 0.3) is 6.08 Å². The maximum Gasteiger partial charge on any atom is 0.389 e. The molecule has 0 spiro atoms. The number of alkyl halides is 3. The Bertz CT molecular complexity index is 725. The number of nitrogens with one attached hydrogen (secondary N) is 1. The normalized spacial score (nSPS) is 15.5. The number of hydrogen-bond donors (Lipinski definition) is 1. The number of ether oxygens (including phenoxy) is 1. The highest BCUT2D eigenvalue weighted by atomic mass is 19.4. The van der Waals surface area contributed by atoms with Crippen molar-refractivity contribution in [2.24, 2.45) is 5.92 Å². The standard InChI is InChI=1S/C21H27F3N2O2/c1-4-14(7-6-12-21(22,23)24)8-9-16-13-17(25-18(27)5-2)26-19(15-10-11-15)20(16)28-3/h5,8-9,13-15H,2,4,6-7,10-12H2,1,3H3,(H,25,26,27)/b9-8+/t14-/m1/s1. The number of allylic oxidation sites excluding steroid dienone is 1. The van der Waals surface area contributed by atoms with Gasteiger partial charge in [-0.3, -0.25) is 4.79 Å². The summed E-state index contributed by atoms with van der Waals surface area (Å²) < 4.78 is 42.7. The van der Waals surface area contributed by atoms with Gasteiger partial charge in [0.25, 0.3) is 0 Å². The smallest absolute Gasteiger partial charge is 0.389 e. The highest BCUT2D eigenvalue weighted by Gasteiger charge is 2.30. The van der Waals surface area contributed by atoms with E-state index in [-0.39, 0.29) is 18.2 Å². The van der Waals surface area contributed by atoms with Crippen molar-refractivity contribution >= 4 is 17.8 Å². The van der Waals surface area contributed by atoms with Crippen LogP contribution in [0.2, 0.25) is 0 Å². The first-order valence-electron chi connectivity index (χ1n) is 9.54. The summed E-state index contributed by atoms with van der Waals surface area (Å²) in [7, 11) is 1.57. The fourth-order valence-corrected chi connectivity index (χ4v) is 3.04. The van der Waals surface area contributed by atoms with E-state index in [1.807, 2.05) is 19.1 Å². The quantitative estimate of drug-likeness (QED) is 0.504. The molecule has 1 fully saturated rings. The molecule has 7 heteroatoms. The number of methoxy groups -OCH3 is 1. The van der Waals surface area contributed by atoms with Gasteiger partial charge < -0.3 is 10.1 Å². The summed E-state index contributed by atoms with van der Waals surface area (Å²) in [6.07, 6.45) is 3.42. The molecule has 1 aliphatic carbocycles. The lowest BCUT2D eigenvalue weighted by molar-refractivity contribution is -0.135. The monoisotopic (exact) mass is 396 g/mol. The van der Waals surface area contributed by atoms with Crippen LogP contribution in [0, 0.1) is 5.92 Å². The lowest BCUT2D eigenvalue weighted by Gasteiger charge is -2.15. The zero-order chi connectivity index (χ0) is 20.7. The van der Waals surface area contributed by atoms with Gasteiger partial charge in [-0.2, -0.15) is 13.2 Å². The Balaban J connectivity index is 2.22. The third-order valence-electron chi connectivity index (χ3n) is 4.74. The van der Waals surface area contributed by atoms with Crippen LogP contribution >= 0.6 is 0 Å². The lowest BCUT2D eigenvalue weighted by atomic mass is 9.97. The third-order valence-corrected chi connectivity index (χ3v) is 4.74. The number of hydrogen-bond acceptors (Lipinski definition) is 3. The van der Waals surface area contributed by atoms with E-state index >= 15 is 0 Å². The van der Waals surface area contributed by atoms with E-state index < -0.39 is 12.6 Å². The largest absolute Gasteiger partial charge is 0.494 e. The molecule has 1 amide bonds. The summed E-state index contributed by atoms with van der Waals surface area (Å²) in [5.41, 5.74) is 1.56. The highest BCUT2D eigenvalue weighted by molar-refractivity contribution is 5.98. The summed E-state index contributed by atoms with van der Waals surface area (Å²) >= 11 is 0. The molecule has 4 nitrogen and oxygen atoms in total. The SMILES string of the molecule is C=CC(=O)Nc1cc(/C=C/[C@H](CC)CCCC(F)(F)F)c(OC)c(C2CC2)n1. The molecule has 1 heterocycles. The second-order valence-electron chi connectivity index (χ2n) is 7.02. The van der Waals surface area contributed by atoms with Crippen LogP contribution in [0.15, 0.2) is 24.8 Å². The number of nitrogens with zero attached hydrogens (tertiary/aromatic N) is 1. The number of anilines is 1. The van der Waals surface area contributed by atoms with Crippen LogP contribution in [0.3, 0.4) is 0 Å². The van der Waals surface area contributed by atoms with E-state index in [0.717, 1.165) is 30.5 Å². The first kappa shape index (κ1) is 22.0. The van der Waals surface area contributed by atoms with Crippen LogP contribution in [-0.2, 0) is 4.79 Å². The van der Waals surface area contributed by atoms with Gasteiger partial charge in [0.05, 0.1) is 12.8 Å². The van der Waals surface area contributed by atoms with Gasteiger partial charge in [-0.25, -0.2) is 4.98 Å². The average Bonchev–Trinajstić information content (AvgIpc) is 3.48. The summed E-state index contributed by atoms with van der Waals surface area (Å²) in [5, 5.41) is 2.68. The van der Waals surface area contributed by atoms with Crippen molar-refractivity contribution in [1.29, 1.82) is 0 Å². The van der Waals surface area contributed by atoms with Crippen LogP contribution < -0.4 is 10.1 Å². The summed E-state index contributed by atoms with van der Waals surface area (Å²) in [6.45, 7) is 5.40. The van der Waals surface area contributed by atoms with Crippen LogP contribution in [0.1, 0.15) is 62.6 Å². The van der Waals surface area contributed by atoms with Gasteiger partial charge >= 0.3 is 6.18 Å². The Hall–Kier alpha value is -2.31. The Morgan fingerprint density at radius 1 is 1.46 bits per heavy atom. The number of halogens is 3. The van der Waals surface area contributed by atoms with E-state index in [1.165, 1.54) is 6.08 Å². The van der Waals surface area contributed by atoms with Gasteiger partial charge in [0.15, 0.2) is 0 Å². The van der Waals surface area contributed by atoms with E-state index in [0.29, 0.717) is 23.9 Å². The number of aromatic nitrogens is 1. The molecule has 1 aromatic rings. The van der Waals surface area contributed by atoms with E-state index in [4.69, 9.17) is 4.74 Å². The Morgan fingerprint density at radius 2 is 2.18 bits per heavy atom. The van der Waals surface area contributed by atoms with Gasteiger partial charge in [0, 0.05) is 17.9 Å². The van der Waals surface area contributed by atoms with Gasteiger partial charge in [-0.1, -0.05) is 25.7 Å². The maximum absolute atomic E-state index is 12.4. The maximum atomic E-state index is 12.4. The molecule has 0 unspecified atom stereocenters. The molecular formula is C21H27F3N2O2. The van der Waals surface area contributed by atoms with Crippen molar-refractivity contribution < 1.29 is 22.7 Å².